The second-order valence-electron chi connectivity index (χ2n) is 17.9. The van der Waals surface area contributed by atoms with Gasteiger partial charge >= 0.3 is 5.97 Å². The SMILES string of the molecule is CCCCCCCCCCCCCC/C=C/C(O)C(CO)NC(=O)CCCCCCCCCCCCCCCOC(=O)CCCCCCCCCCCCCCCC. The van der Waals surface area contributed by atoms with Gasteiger partial charge in [-0.1, -0.05) is 251 Å². The number of amides is 1. The van der Waals surface area contributed by atoms with E-state index in [1.54, 1.807) is 6.08 Å². The Morgan fingerprint density at radius 2 is 0.793 bits per heavy atom. The lowest BCUT2D eigenvalue weighted by atomic mass is 10.0. The molecule has 2 unspecified atom stereocenters. The Hall–Kier alpha value is -1.40. The molecule has 1 amide bonds. The van der Waals surface area contributed by atoms with Gasteiger partial charge in [0.25, 0.3) is 0 Å². The number of unbranched alkanes of at least 4 members (excludes halogenated alkanes) is 37. The molecule has 0 aromatic rings. The lowest BCUT2D eigenvalue weighted by molar-refractivity contribution is -0.143. The van der Waals surface area contributed by atoms with Gasteiger partial charge in [0, 0.05) is 12.8 Å². The van der Waals surface area contributed by atoms with Crippen molar-refractivity contribution in [3.05, 3.63) is 12.2 Å². The first-order valence-corrected chi connectivity index (χ1v) is 26.0. The average molecular weight is 820 g/mol. The van der Waals surface area contributed by atoms with Gasteiger partial charge in [-0.25, -0.2) is 0 Å². The van der Waals surface area contributed by atoms with Gasteiger partial charge < -0.3 is 20.3 Å². The van der Waals surface area contributed by atoms with E-state index in [-0.39, 0.29) is 18.5 Å². The minimum atomic E-state index is -0.851. The maximum absolute atomic E-state index is 12.4. The third-order valence-corrected chi connectivity index (χ3v) is 12.1. The third kappa shape index (κ3) is 44.2. The van der Waals surface area contributed by atoms with Crippen molar-refractivity contribution >= 4 is 11.9 Å². The second-order valence-corrected chi connectivity index (χ2v) is 17.9. The summed E-state index contributed by atoms with van der Waals surface area (Å²) in [5.41, 5.74) is 0. The highest BCUT2D eigenvalue weighted by Crippen LogP contribution is 2.16. The van der Waals surface area contributed by atoms with E-state index in [1.807, 2.05) is 6.08 Å². The zero-order valence-electron chi connectivity index (χ0n) is 39.0. The van der Waals surface area contributed by atoms with Crippen LogP contribution in [-0.4, -0.2) is 47.4 Å². The van der Waals surface area contributed by atoms with Gasteiger partial charge in [-0.05, 0) is 32.1 Å². The van der Waals surface area contributed by atoms with E-state index in [1.165, 1.54) is 199 Å². The van der Waals surface area contributed by atoms with Gasteiger partial charge in [0.1, 0.15) is 0 Å². The van der Waals surface area contributed by atoms with Crippen molar-refractivity contribution in [2.24, 2.45) is 0 Å². The molecular formula is C52H101NO5. The first kappa shape index (κ1) is 56.6. The van der Waals surface area contributed by atoms with Crippen LogP contribution in [0.5, 0.6) is 0 Å². The fourth-order valence-corrected chi connectivity index (χ4v) is 8.05. The van der Waals surface area contributed by atoms with Crippen molar-refractivity contribution in [3.63, 3.8) is 0 Å². The number of aliphatic hydroxyl groups is 2. The van der Waals surface area contributed by atoms with E-state index < -0.39 is 12.1 Å². The number of allylic oxidation sites excluding steroid dienone is 1. The Morgan fingerprint density at radius 3 is 1.17 bits per heavy atom. The van der Waals surface area contributed by atoms with Gasteiger partial charge in [0.15, 0.2) is 0 Å². The predicted octanol–water partition coefficient (Wildman–Crippen LogP) is 15.3. The zero-order valence-corrected chi connectivity index (χ0v) is 39.0. The van der Waals surface area contributed by atoms with Gasteiger partial charge in [0.2, 0.25) is 5.91 Å². The number of ether oxygens (including phenoxy) is 1. The summed E-state index contributed by atoms with van der Waals surface area (Å²) in [6.07, 6.45) is 54.9. The summed E-state index contributed by atoms with van der Waals surface area (Å²) in [5, 5.41) is 23.0. The highest BCUT2D eigenvalue weighted by Gasteiger charge is 2.18. The molecule has 6 heteroatoms. The molecule has 0 bridgehead atoms. The lowest BCUT2D eigenvalue weighted by Crippen LogP contribution is -2.45. The van der Waals surface area contributed by atoms with E-state index in [0.29, 0.717) is 19.4 Å². The highest BCUT2D eigenvalue weighted by atomic mass is 16.5. The minimum Gasteiger partial charge on any atom is -0.466 e. The Bertz CT molecular complexity index is 863. The molecule has 0 heterocycles. The number of esters is 1. The van der Waals surface area contributed by atoms with Crippen LogP contribution >= 0.6 is 0 Å². The van der Waals surface area contributed by atoms with E-state index in [9.17, 15) is 19.8 Å². The number of hydrogen-bond acceptors (Lipinski definition) is 5. The smallest absolute Gasteiger partial charge is 0.305 e. The topological polar surface area (TPSA) is 95.9 Å². The molecule has 0 radical (unpaired) electrons. The van der Waals surface area contributed by atoms with E-state index in [0.717, 1.165) is 57.8 Å². The number of carbonyl (C=O) groups excluding carboxylic acids is 2. The quantitative estimate of drug-likeness (QED) is 0.0323. The molecule has 0 aromatic heterocycles. The highest BCUT2D eigenvalue weighted by molar-refractivity contribution is 5.76. The molecule has 0 fully saturated rings. The molecule has 0 saturated heterocycles. The minimum absolute atomic E-state index is 0.00452. The predicted molar refractivity (Wildman–Crippen MR) is 250 cm³/mol. The van der Waals surface area contributed by atoms with Crippen molar-refractivity contribution in [1.82, 2.24) is 5.32 Å². The molecule has 0 aliphatic heterocycles. The van der Waals surface area contributed by atoms with Gasteiger partial charge in [-0.3, -0.25) is 9.59 Å². The molecule has 58 heavy (non-hydrogen) atoms. The van der Waals surface area contributed by atoms with E-state index in [4.69, 9.17) is 4.74 Å². The molecule has 3 N–H and O–H groups in total. The molecule has 6 nitrogen and oxygen atoms in total. The monoisotopic (exact) mass is 820 g/mol. The fraction of sp³-hybridized carbons (Fsp3) is 0.923. The summed E-state index contributed by atoms with van der Waals surface area (Å²) >= 11 is 0. The first-order chi connectivity index (χ1) is 28.5. The molecule has 2 atom stereocenters. The summed E-state index contributed by atoms with van der Waals surface area (Å²) in [4.78, 5) is 24.4. The summed E-state index contributed by atoms with van der Waals surface area (Å²) in [5.74, 6) is -0.0843. The average Bonchev–Trinajstić information content (AvgIpc) is 3.22. The normalized spacial score (nSPS) is 12.7. The molecule has 0 aliphatic rings. The van der Waals surface area contributed by atoms with Crippen LogP contribution in [-0.2, 0) is 14.3 Å². The molecule has 0 spiro atoms. The molecule has 344 valence electrons. The van der Waals surface area contributed by atoms with E-state index >= 15 is 0 Å². The standard InChI is InChI=1S/C52H101NO5/c1-3-5-7-9-11-13-15-17-20-24-28-32-36-40-44-50(55)49(48-54)53-51(56)45-41-37-33-29-25-21-19-23-27-31-35-39-43-47-58-52(57)46-42-38-34-30-26-22-18-16-14-12-10-8-6-4-2/h40,44,49-50,54-55H,3-39,41-43,45-48H2,1-2H3,(H,53,56)/b44-40+. The van der Waals surface area contributed by atoms with E-state index in [2.05, 4.69) is 19.2 Å². The molecule has 0 rings (SSSR count). The number of hydrogen-bond donors (Lipinski definition) is 3. The van der Waals surface area contributed by atoms with Crippen molar-refractivity contribution in [1.29, 1.82) is 0 Å². The number of carbonyl (C=O) groups is 2. The van der Waals surface area contributed by atoms with Crippen LogP contribution in [0.4, 0.5) is 0 Å². The Morgan fingerprint density at radius 1 is 0.466 bits per heavy atom. The van der Waals surface area contributed by atoms with Crippen LogP contribution in [0.3, 0.4) is 0 Å². The van der Waals surface area contributed by atoms with Crippen LogP contribution in [0.15, 0.2) is 12.2 Å². The van der Waals surface area contributed by atoms with Crippen molar-refractivity contribution in [2.45, 2.75) is 296 Å². The molecule has 0 aliphatic carbocycles. The number of rotatable bonds is 48. The Labute approximate surface area is 361 Å². The molecule has 0 saturated carbocycles. The van der Waals surface area contributed by atoms with Gasteiger partial charge in [-0.2, -0.15) is 0 Å². The Kier molecular flexibility index (Phi) is 47.1. The van der Waals surface area contributed by atoms with Crippen molar-refractivity contribution in [2.75, 3.05) is 13.2 Å². The zero-order chi connectivity index (χ0) is 42.3. The van der Waals surface area contributed by atoms with Crippen LogP contribution < -0.4 is 5.32 Å². The lowest BCUT2D eigenvalue weighted by Gasteiger charge is -2.20. The summed E-state index contributed by atoms with van der Waals surface area (Å²) in [6, 6.07) is -0.635. The van der Waals surface area contributed by atoms with Crippen LogP contribution in [0.25, 0.3) is 0 Å². The maximum atomic E-state index is 12.4. The summed E-state index contributed by atoms with van der Waals surface area (Å²) < 4.78 is 5.46. The second kappa shape index (κ2) is 48.3. The van der Waals surface area contributed by atoms with Gasteiger partial charge in [0.05, 0.1) is 25.4 Å². The largest absolute Gasteiger partial charge is 0.466 e. The third-order valence-electron chi connectivity index (χ3n) is 12.1. The van der Waals surface area contributed by atoms with Gasteiger partial charge in [-0.15, -0.1) is 0 Å². The van der Waals surface area contributed by atoms with Crippen LogP contribution in [0.2, 0.25) is 0 Å². The number of aliphatic hydroxyl groups excluding tert-OH is 2. The fourth-order valence-electron chi connectivity index (χ4n) is 8.05. The molecule has 0 aromatic carbocycles. The van der Waals surface area contributed by atoms with Crippen molar-refractivity contribution < 1.29 is 24.5 Å². The maximum Gasteiger partial charge on any atom is 0.305 e. The Balaban J connectivity index is 3.47. The van der Waals surface area contributed by atoms with Crippen LogP contribution in [0, 0.1) is 0 Å². The number of nitrogens with one attached hydrogen (secondary N) is 1. The summed E-state index contributed by atoms with van der Waals surface area (Å²) in [6.45, 7) is 4.88. The summed E-state index contributed by atoms with van der Waals surface area (Å²) in [7, 11) is 0. The first-order valence-electron chi connectivity index (χ1n) is 26.0. The van der Waals surface area contributed by atoms with Crippen LogP contribution in [0.1, 0.15) is 284 Å². The van der Waals surface area contributed by atoms with Crippen molar-refractivity contribution in [3.8, 4) is 0 Å². The molecular weight excluding hydrogens is 719 g/mol.